The normalized spacial score (nSPS) is 9.89. The summed E-state index contributed by atoms with van der Waals surface area (Å²) in [5.41, 5.74) is -0.749. The molecule has 96 valence electrons. The van der Waals surface area contributed by atoms with Crippen LogP contribution in [0.2, 0.25) is 0 Å². The van der Waals surface area contributed by atoms with Crippen LogP contribution in [-0.2, 0) is 0 Å². The first-order chi connectivity index (χ1) is 9.08. The van der Waals surface area contributed by atoms with Gasteiger partial charge < -0.3 is 4.84 Å². The van der Waals surface area contributed by atoms with Gasteiger partial charge in [0.05, 0.1) is 10.5 Å². The maximum Gasteiger partial charge on any atom is 0.364 e. The van der Waals surface area contributed by atoms with Gasteiger partial charge in [-0.1, -0.05) is 12.1 Å². The van der Waals surface area contributed by atoms with Crippen LogP contribution in [0.1, 0.15) is 10.4 Å². The first-order valence-corrected chi connectivity index (χ1v) is 5.23. The van der Waals surface area contributed by atoms with Crippen molar-refractivity contribution in [2.24, 2.45) is 0 Å². The Balaban J connectivity index is 2.26. The van der Waals surface area contributed by atoms with Crippen molar-refractivity contribution in [2.45, 2.75) is 0 Å². The summed E-state index contributed by atoms with van der Waals surface area (Å²) in [4.78, 5) is 37.9. The van der Waals surface area contributed by atoms with E-state index in [2.05, 4.69) is 0 Å². The molecule has 19 heavy (non-hydrogen) atoms. The van der Waals surface area contributed by atoms with E-state index in [0.717, 1.165) is 10.8 Å². The SMILES string of the molecule is O=C(On1ccccc1=O)c1cccc([N+](=O)[O-])c1. The predicted octanol–water partition coefficient (Wildman–Crippen LogP) is 1.03. The maximum atomic E-state index is 11.7. The second-order valence-corrected chi connectivity index (χ2v) is 3.55. The lowest BCUT2D eigenvalue weighted by atomic mass is 10.2. The van der Waals surface area contributed by atoms with Gasteiger partial charge in [0.1, 0.15) is 0 Å². The number of pyridine rings is 1. The Morgan fingerprint density at radius 2 is 2.00 bits per heavy atom. The number of aromatic nitrogens is 1. The summed E-state index contributed by atoms with van der Waals surface area (Å²) in [6.45, 7) is 0. The molecular formula is C12H8N2O5. The van der Waals surface area contributed by atoms with Crippen LogP contribution in [0.3, 0.4) is 0 Å². The zero-order valence-corrected chi connectivity index (χ0v) is 9.55. The van der Waals surface area contributed by atoms with E-state index in [1.807, 2.05) is 0 Å². The number of hydrogen-bond donors (Lipinski definition) is 0. The largest absolute Gasteiger partial charge is 0.364 e. The first kappa shape index (κ1) is 12.5. The van der Waals surface area contributed by atoms with E-state index in [4.69, 9.17) is 4.84 Å². The summed E-state index contributed by atoms with van der Waals surface area (Å²) in [6, 6.07) is 9.30. The van der Waals surface area contributed by atoms with Gasteiger partial charge in [-0.15, -0.1) is 4.73 Å². The molecule has 0 bridgehead atoms. The topological polar surface area (TPSA) is 91.4 Å². The molecular weight excluding hydrogens is 252 g/mol. The van der Waals surface area contributed by atoms with Crippen molar-refractivity contribution >= 4 is 11.7 Å². The molecule has 0 aliphatic heterocycles. The van der Waals surface area contributed by atoms with E-state index >= 15 is 0 Å². The van der Waals surface area contributed by atoms with Crippen molar-refractivity contribution in [3.05, 3.63) is 74.7 Å². The highest BCUT2D eigenvalue weighted by atomic mass is 16.7. The third kappa shape index (κ3) is 2.83. The zero-order valence-electron chi connectivity index (χ0n) is 9.55. The number of rotatable bonds is 3. The Hall–Kier alpha value is -2.96. The van der Waals surface area contributed by atoms with Crippen molar-refractivity contribution < 1.29 is 14.6 Å². The van der Waals surface area contributed by atoms with Gasteiger partial charge in [0.25, 0.3) is 11.2 Å². The summed E-state index contributed by atoms with van der Waals surface area (Å²) in [7, 11) is 0. The Morgan fingerprint density at radius 3 is 2.68 bits per heavy atom. The summed E-state index contributed by atoms with van der Waals surface area (Å²) in [5.74, 6) is -0.850. The quantitative estimate of drug-likeness (QED) is 0.607. The van der Waals surface area contributed by atoms with E-state index in [-0.39, 0.29) is 11.3 Å². The lowest BCUT2D eigenvalue weighted by molar-refractivity contribution is -0.384. The number of nitrogens with zero attached hydrogens (tertiary/aromatic N) is 2. The van der Waals surface area contributed by atoms with Gasteiger partial charge in [-0.3, -0.25) is 14.9 Å². The summed E-state index contributed by atoms with van der Waals surface area (Å²) in [5, 5.41) is 10.6. The van der Waals surface area contributed by atoms with Crippen LogP contribution in [0, 0.1) is 10.1 Å². The van der Waals surface area contributed by atoms with E-state index in [1.165, 1.54) is 42.6 Å². The second kappa shape index (κ2) is 5.13. The van der Waals surface area contributed by atoms with Gasteiger partial charge in [0.2, 0.25) is 0 Å². The highest BCUT2D eigenvalue weighted by Crippen LogP contribution is 2.13. The molecule has 1 aromatic carbocycles. The third-order valence-electron chi connectivity index (χ3n) is 2.26. The van der Waals surface area contributed by atoms with Crippen LogP contribution in [0.25, 0.3) is 0 Å². The van der Waals surface area contributed by atoms with Crippen LogP contribution in [0.15, 0.2) is 53.5 Å². The molecule has 0 amide bonds. The molecule has 2 rings (SSSR count). The summed E-state index contributed by atoms with van der Waals surface area (Å²) >= 11 is 0. The van der Waals surface area contributed by atoms with Crippen LogP contribution < -0.4 is 10.4 Å². The fourth-order valence-corrected chi connectivity index (χ4v) is 1.38. The van der Waals surface area contributed by atoms with Crippen molar-refractivity contribution in [1.82, 2.24) is 4.73 Å². The monoisotopic (exact) mass is 260 g/mol. The molecule has 0 saturated heterocycles. The van der Waals surface area contributed by atoms with Gasteiger partial charge in [-0.2, -0.15) is 0 Å². The van der Waals surface area contributed by atoms with Crippen LogP contribution in [0.5, 0.6) is 0 Å². The fraction of sp³-hybridized carbons (Fsp3) is 0. The van der Waals surface area contributed by atoms with E-state index in [9.17, 15) is 19.7 Å². The van der Waals surface area contributed by atoms with Crippen molar-refractivity contribution in [3.63, 3.8) is 0 Å². The molecule has 1 heterocycles. The predicted molar refractivity (Wildman–Crippen MR) is 64.7 cm³/mol. The average molecular weight is 260 g/mol. The number of non-ortho nitro benzene ring substituents is 1. The highest BCUT2D eigenvalue weighted by molar-refractivity contribution is 5.90. The van der Waals surface area contributed by atoms with Gasteiger partial charge in [-0.05, 0) is 12.1 Å². The lowest BCUT2D eigenvalue weighted by Crippen LogP contribution is -2.29. The standard InChI is InChI=1S/C12H8N2O5/c15-11-6-1-2-7-13(11)19-12(16)9-4-3-5-10(8-9)14(17)18/h1-8H. The molecule has 0 unspecified atom stereocenters. The fourth-order valence-electron chi connectivity index (χ4n) is 1.38. The van der Waals surface area contributed by atoms with Gasteiger partial charge in [0.15, 0.2) is 0 Å². The maximum absolute atomic E-state index is 11.7. The zero-order chi connectivity index (χ0) is 13.8. The highest BCUT2D eigenvalue weighted by Gasteiger charge is 2.13. The number of carbonyl (C=O) groups excluding carboxylic acids is 1. The van der Waals surface area contributed by atoms with E-state index < -0.39 is 16.5 Å². The lowest BCUT2D eigenvalue weighted by Gasteiger charge is -2.05. The Bertz CT molecular complexity index is 692. The second-order valence-electron chi connectivity index (χ2n) is 3.55. The number of nitro benzene ring substituents is 1. The number of nitro groups is 1. The Kier molecular flexibility index (Phi) is 3.37. The molecule has 2 aromatic rings. The van der Waals surface area contributed by atoms with Gasteiger partial charge >= 0.3 is 5.97 Å². The molecule has 0 aliphatic carbocycles. The third-order valence-corrected chi connectivity index (χ3v) is 2.26. The molecule has 0 N–H and O–H groups in total. The molecule has 0 radical (unpaired) electrons. The minimum atomic E-state index is -0.850. The molecule has 0 saturated carbocycles. The van der Waals surface area contributed by atoms with Crippen molar-refractivity contribution in [3.8, 4) is 0 Å². The van der Waals surface area contributed by atoms with Crippen LogP contribution >= 0.6 is 0 Å². The van der Waals surface area contributed by atoms with E-state index in [1.54, 1.807) is 0 Å². The minimum Gasteiger partial charge on any atom is -0.328 e. The first-order valence-electron chi connectivity index (χ1n) is 5.23. The number of hydrogen-bond acceptors (Lipinski definition) is 5. The molecule has 0 atom stereocenters. The molecule has 0 fully saturated rings. The van der Waals surface area contributed by atoms with Gasteiger partial charge in [-0.25, -0.2) is 4.79 Å². The number of benzene rings is 1. The van der Waals surface area contributed by atoms with Crippen LogP contribution in [-0.4, -0.2) is 15.6 Å². The Labute approximate surface area is 106 Å². The molecule has 1 aromatic heterocycles. The smallest absolute Gasteiger partial charge is 0.328 e. The summed E-state index contributed by atoms with van der Waals surface area (Å²) in [6.07, 6.45) is 1.28. The molecule has 7 nitrogen and oxygen atoms in total. The molecule has 0 aliphatic rings. The van der Waals surface area contributed by atoms with Gasteiger partial charge in [0, 0.05) is 24.4 Å². The van der Waals surface area contributed by atoms with Crippen molar-refractivity contribution in [2.75, 3.05) is 0 Å². The molecule has 0 spiro atoms. The van der Waals surface area contributed by atoms with E-state index in [0.29, 0.717) is 0 Å². The summed E-state index contributed by atoms with van der Waals surface area (Å²) < 4.78 is 0.751. The molecule has 7 heteroatoms. The Morgan fingerprint density at radius 1 is 1.21 bits per heavy atom. The minimum absolute atomic E-state index is 0.00930. The number of carbonyl (C=O) groups is 1. The van der Waals surface area contributed by atoms with Crippen molar-refractivity contribution in [1.29, 1.82) is 0 Å². The average Bonchev–Trinajstić information content (AvgIpc) is 2.41. The van der Waals surface area contributed by atoms with Crippen LogP contribution in [0.4, 0.5) is 5.69 Å².